The molecule has 0 saturated heterocycles. The predicted octanol–water partition coefficient (Wildman–Crippen LogP) is 10.0. The van der Waals surface area contributed by atoms with Crippen molar-refractivity contribution in [3.05, 3.63) is 0 Å². The van der Waals surface area contributed by atoms with Crippen molar-refractivity contribution in [3.8, 4) is 0 Å². The normalized spacial score (nSPS) is 16.4. The Labute approximate surface area is 175 Å². The van der Waals surface area contributed by atoms with Crippen molar-refractivity contribution < 1.29 is 0 Å². The zero-order chi connectivity index (χ0) is 22.5. The van der Waals surface area contributed by atoms with Crippen molar-refractivity contribution >= 4 is 0 Å². The third kappa shape index (κ3) is 8.10. The van der Waals surface area contributed by atoms with Crippen molar-refractivity contribution in [2.24, 2.45) is 38.9 Å². The van der Waals surface area contributed by atoms with Gasteiger partial charge in [-0.25, -0.2) is 0 Å². The fourth-order valence-corrected chi connectivity index (χ4v) is 3.85. The fourth-order valence-electron chi connectivity index (χ4n) is 3.85. The topological polar surface area (TPSA) is 0 Å². The number of hydrogen-bond acceptors (Lipinski definition) is 0. The second-order valence-electron chi connectivity index (χ2n) is 13.0. The summed E-state index contributed by atoms with van der Waals surface area (Å²) in [7, 11) is 0. The summed E-state index contributed by atoms with van der Waals surface area (Å²) in [5.41, 5.74) is 1.83. The first-order valence-electron chi connectivity index (χ1n) is 11.7. The molecule has 0 nitrogen and oxygen atoms in total. The van der Waals surface area contributed by atoms with Crippen LogP contribution in [0.1, 0.15) is 136 Å². The molecule has 0 radical (unpaired) electrons. The van der Waals surface area contributed by atoms with Crippen molar-refractivity contribution in [2.75, 3.05) is 0 Å². The van der Waals surface area contributed by atoms with Gasteiger partial charge in [0.25, 0.3) is 0 Å². The molecule has 0 rings (SSSR count). The molecular formula is C27H58. The first-order valence-corrected chi connectivity index (χ1v) is 11.7. The van der Waals surface area contributed by atoms with Gasteiger partial charge >= 0.3 is 0 Å². The minimum absolute atomic E-state index is 0.346. The molecule has 0 aliphatic rings. The molecule has 0 heterocycles. The highest BCUT2D eigenvalue weighted by Gasteiger charge is 2.43. The van der Waals surface area contributed by atoms with Crippen LogP contribution in [-0.2, 0) is 0 Å². The van der Waals surface area contributed by atoms with Crippen LogP contribution in [0.15, 0.2) is 0 Å². The molecule has 166 valence electrons. The lowest BCUT2D eigenvalue weighted by molar-refractivity contribution is 0.00110. The van der Waals surface area contributed by atoms with Crippen LogP contribution in [-0.4, -0.2) is 0 Å². The Balaban J connectivity index is 0. The van der Waals surface area contributed by atoms with Crippen LogP contribution in [0.3, 0.4) is 0 Å². The Morgan fingerprint density at radius 2 is 0.963 bits per heavy atom. The van der Waals surface area contributed by atoms with Crippen LogP contribution in [0.25, 0.3) is 0 Å². The maximum Gasteiger partial charge on any atom is -0.0277 e. The Morgan fingerprint density at radius 3 is 1.26 bits per heavy atom. The smallest absolute Gasteiger partial charge is 0.0277 e. The van der Waals surface area contributed by atoms with Gasteiger partial charge in [0, 0.05) is 0 Å². The molecule has 0 aromatic rings. The van der Waals surface area contributed by atoms with Gasteiger partial charge in [-0.15, -0.1) is 0 Å². The van der Waals surface area contributed by atoms with Crippen LogP contribution in [0.2, 0.25) is 0 Å². The Bertz CT molecular complexity index is 400. The molecule has 0 aliphatic carbocycles. The molecule has 0 heteroatoms. The van der Waals surface area contributed by atoms with Gasteiger partial charge in [0.05, 0.1) is 0 Å². The van der Waals surface area contributed by atoms with Gasteiger partial charge in [-0.1, -0.05) is 124 Å². The Hall–Kier alpha value is 0. The maximum absolute atomic E-state index is 2.50. The largest absolute Gasteiger partial charge is 0.0656 e. The van der Waals surface area contributed by atoms with Crippen LogP contribution in [0, 0.1) is 38.9 Å². The summed E-state index contributed by atoms with van der Waals surface area (Å²) in [6.45, 7) is 38.5. The number of rotatable bonds is 8. The molecule has 0 N–H and O–H groups in total. The third-order valence-electron chi connectivity index (χ3n) is 8.83. The molecule has 27 heavy (non-hydrogen) atoms. The Morgan fingerprint density at radius 1 is 0.593 bits per heavy atom. The minimum Gasteiger partial charge on any atom is -0.0656 e. The Kier molecular flexibility index (Phi) is 11.0. The summed E-state index contributed by atoms with van der Waals surface area (Å²) in [4.78, 5) is 0. The second kappa shape index (κ2) is 10.2. The molecule has 0 saturated carbocycles. The first kappa shape index (κ1) is 29.2. The molecule has 0 aromatic carbocycles. The van der Waals surface area contributed by atoms with Crippen LogP contribution >= 0.6 is 0 Å². The summed E-state index contributed by atoms with van der Waals surface area (Å²) < 4.78 is 0. The van der Waals surface area contributed by atoms with E-state index >= 15 is 0 Å². The molecule has 0 fully saturated rings. The van der Waals surface area contributed by atoms with E-state index in [2.05, 4.69) is 111 Å². The second-order valence-corrected chi connectivity index (χ2v) is 13.0. The monoisotopic (exact) mass is 382 g/mol. The van der Waals surface area contributed by atoms with Crippen molar-refractivity contribution in [1.29, 1.82) is 0 Å². The van der Waals surface area contributed by atoms with E-state index < -0.39 is 0 Å². The van der Waals surface area contributed by atoms with Crippen molar-refractivity contribution in [1.82, 2.24) is 0 Å². The van der Waals surface area contributed by atoms with E-state index in [0.29, 0.717) is 27.1 Å². The highest BCUT2D eigenvalue weighted by atomic mass is 14.5. The molecule has 0 bridgehead atoms. The zero-order valence-electron chi connectivity index (χ0n) is 22.5. The summed E-state index contributed by atoms with van der Waals surface area (Å²) in [6.07, 6.45) is 5.11. The van der Waals surface area contributed by atoms with E-state index in [1.807, 2.05) is 0 Å². The quantitative estimate of drug-likeness (QED) is 0.391. The minimum atomic E-state index is 0.346. The van der Waals surface area contributed by atoms with Crippen LogP contribution in [0.4, 0.5) is 0 Å². The molecule has 0 aromatic heterocycles. The lowest BCUT2D eigenvalue weighted by Gasteiger charge is -2.50. The summed E-state index contributed by atoms with van der Waals surface area (Å²) in [6, 6.07) is 0. The van der Waals surface area contributed by atoms with Gasteiger partial charge in [-0.05, 0) is 51.8 Å². The zero-order valence-corrected chi connectivity index (χ0v) is 22.5. The predicted molar refractivity (Wildman–Crippen MR) is 128 cm³/mol. The van der Waals surface area contributed by atoms with Gasteiger partial charge in [-0.3, -0.25) is 0 Å². The SMILES string of the molecule is CCC.CCC(C)(C)C(C)(C)C(C)CC(C)C(C)(C)CC(C)(C)C(C)(C)C. The maximum atomic E-state index is 2.50. The molecule has 0 amide bonds. The summed E-state index contributed by atoms with van der Waals surface area (Å²) >= 11 is 0. The molecule has 0 spiro atoms. The molecule has 2 unspecified atom stereocenters. The summed E-state index contributed by atoms with van der Waals surface area (Å²) in [5, 5.41) is 0. The van der Waals surface area contributed by atoms with Gasteiger partial charge < -0.3 is 0 Å². The van der Waals surface area contributed by atoms with Crippen molar-refractivity contribution in [2.45, 2.75) is 136 Å². The van der Waals surface area contributed by atoms with Crippen molar-refractivity contribution in [3.63, 3.8) is 0 Å². The van der Waals surface area contributed by atoms with Gasteiger partial charge in [0.15, 0.2) is 0 Å². The average molecular weight is 383 g/mol. The third-order valence-corrected chi connectivity index (χ3v) is 8.83. The molecular weight excluding hydrogens is 324 g/mol. The highest BCUT2D eigenvalue weighted by molar-refractivity contribution is 4.93. The van der Waals surface area contributed by atoms with E-state index in [1.165, 1.54) is 25.7 Å². The number of hydrogen-bond donors (Lipinski definition) is 0. The summed E-state index contributed by atoms with van der Waals surface area (Å²) in [5.74, 6) is 1.47. The fraction of sp³-hybridized carbons (Fsp3) is 1.00. The molecule has 2 atom stereocenters. The highest BCUT2D eigenvalue weighted by Crippen LogP contribution is 2.52. The standard InChI is InChI=1S/C24H50.C3H8/c1-15-22(9,10)24(13,14)19(3)16-18(2)21(7,8)17-23(11,12)20(4,5)6;1-3-2/h18-19H,15-17H2,1-14H3;3H2,1-2H3. The van der Waals surface area contributed by atoms with E-state index in [9.17, 15) is 0 Å². The van der Waals surface area contributed by atoms with Gasteiger partial charge in [-0.2, -0.15) is 0 Å². The van der Waals surface area contributed by atoms with E-state index in [4.69, 9.17) is 0 Å². The van der Waals surface area contributed by atoms with Gasteiger partial charge in [0.2, 0.25) is 0 Å². The lowest BCUT2D eigenvalue weighted by atomic mass is 9.56. The van der Waals surface area contributed by atoms with Crippen LogP contribution in [0.5, 0.6) is 0 Å². The van der Waals surface area contributed by atoms with E-state index in [-0.39, 0.29) is 0 Å². The van der Waals surface area contributed by atoms with Gasteiger partial charge in [0.1, 0.15) is 0 Å². The lowest BCUT2D eigenvalue weighted by Crippen LogP contribution is -2.41. The average Bonchev–Trinajstić information content (AvgIpc) is 2.45. The van der Waals surface area contributed by atoms with E-state index in [1.54, 1.807) is 0 Å². The first-order chi connectivity index (χ1) is 11.7. The molecule has 0 aliphatic heterocycles. The van der Waals surface area contributed by atoms with E-state index in [0.717, 1.165) is 11.8 Å². The van der Waals surface area contributed by atoms with Crippen LogP contribution < -0.4 is 0 Å².